The summed E-state index contributed by atoms with van der Waals surface area (Å²) in [7, 11) is 2.00. The second kappa shape index (κ2) is 6.03. The van der Waals surface area contributed by atoms with Gasteiger partial charge in [-0.3, -0.25) is 14.9 Å². The van der Waals surface area contributed by atoms with Gasteiger partial charge in [-0.25, -0.2) is 0 Å². The third-order valence-electron chi connectivity index (χ3n) is 4.20. The van der Waals surface area contributed by atoms with Crippen molar-refractivity contribution in [3.05, 3.63) is 33.9 Å². The first-order valence-corrected chi connectivity index (χ1v) is 6.99. The molecule has 5 nitrogen and oxygen atoms in total. The normalized spacial score (nSPS) is 22.3. The van der Waals surface area contributed by atoms with Crippen LogP contribution in [0.3, 0.4) is 0 Å². The van der Waals surface area contributed by atoms with Gasteiger partial charge in [-0.1, -0.05) is 19.8 Å². The van der Waals surface area contributed by atoms with Crippen molar-refractivity contribution in [3.8, 4) is 0 Å². The van der Waals surface area contributed by atoms with Crippen LogP contribution in [0.2, 0.25) is 0 Å². The molecule has 1 aliphatic rings. The minimum Gasteiger partial charge on any atom is -0.372 e. The van der Waals surface area contributed by atoms with E-state index in [1.165, 1.54) is 18.9 Å². The topological polar surface area (TPSA) is 63.4 Å². The molecule has 0 N–H and O–H groups in total. The average Bonchev–Trinajstić information content (AvgIpc) is 2.45. The first kappa shape index (κ1) is 14.5. The Morgan fingerprint density at radius 2 is 2.15 bits per heavy atom. The lowest BCUT2D eigenvalue weighted by molar-refractivity contribution is -0.385. The van der Waals surface area contributed by atoms with Crippen LogP contribution in [-0.2, 0) is 0 Å². The monoisotopic (exact) mass is 276 g/mol. The van der Waals surface area contributed by atoms with Crippen LogP contribution in [0, 0.1) is 16.0 Å². The van der Waals surface area contributed by atoms with Gasteiger partial charge in [-0.15, -0.1) is 0 Å². The molecule has 1 fully saturated rings. The minimum absolute atomic E-state index is 0.130. The maximum atomic E-state index is 11.0. The highest BCUT2D eigenvalue weighted by molar-refractivity contribution is 5.83. The molecule has 1 saturated carbocycles. The van der Waals surface area contributed by atoms with Crippen molar-refractivity contribution < 1.29 is 9.72 Å². The van der Waals surface area contributed by atoms with Gasteiger partial charge in [0.2, 0.25) is 0 Å². The van der Waals surface area contributed by atoms with Crippen molar-refractivity contribution in [1.82, 2.24) is 0 Å². The molecule has 2 rings (SSSR count). The standard InChI is InChI=1S/C15H20N2O3/c1-11-4-3-5-13(8-11)16(2)14-6-7-15(17(19)20)12(9-14)10-18/h6-7,9-11,13H,3-5,8H2,1-2H3. The van der Waals surface area contributed by atoms with E-state index in [1.54, 1.807) is 12.1 Å². The molecule has 0 aliphatic heterocycles. The van der Waals surface area contributed by atoms with Crippen molar-refractivity contribution in [2.45, 2.75) is 38.6 Å². The summed E-state index contributed by atoms with van der Waals surface area (Å²) in [5, 5.41) is 10.8. The molecule has 5 heteroatoms. The predicted molar refractivity (Wildman–Crippen MR) is 78.3 cm³/mol. The Labute approximate surface area is 118 Å². The smallest absolute Gasteiger partial charge is 0.280 e. The Hall–Kier alpha value is -1.91. The fourth-order valence-electron chi connectivity index (χ4n) is 2.99. The van der Waals surface area contributed by atoms with Gasteiger partial charge in [0, 0.05) is 24.8 Å². The molecule has 0 spiro atoms. The molecule has 2 atom stereocenters. The van der Waals surface area contributed by atoms with Gasteiger partial charge in [0.05, 0.1) is 10.5 Å². The SMILES string of the molecule is CC1CCCC(N(C)c2ccc([N+](=O)[O-])c(C=O)c2)C1. The Bertz CT molecular complexity index is 516. The van der Waals surface area contributed by atoms with E-state index in [1.807, 2.05) is 7.05 Å². The summed E-state index contributed by atoms with van der Waals surface area (Å²) in [4.78, 5) is 23.5. The van der Waals surface area contributed by atoms with Crippen LogP contribution in [0.25, 0.3) is 0 Å². The van der Waals surface area contributed by atoms with Gasteiger partial charge in [0.15, 0.2) is 6.29 Å². The number of anilines is 1. The largest absolute Gasteiger partial charge is 0.372 e. The highest BCUT2D eigenvalue weighted by atomic mass is 16.6. The number of hydrogen-bond donors (Lipinski definition) is 0. The van der Waals surface area contributed by atoms with E-state index in [4.69, 9.17) is 0 Å². The second-order valence-corrected chi connectivity index (χ2v) is 5.65. The van der Waals surface area contributed by atoms with Gasteiger partial charge < -0.3 is 4.90 Å². The predicted octanol–water partition coefficient (Wildman–Crippen LogP) is 3.42. The highest BCUT2D eigenvalue weighted by Crippen LogP contribution is 2.31. The molecule has 0 heterocycles. The molecule has 1 aromatic carbocycles. The number of nitro benzene ring substituents is 1. The van der Waals surface area contributed by atoms with Crippen LogP contribution >= 0.6 is 0 Å². The van der Waals surface area contributed by atoms with Gasteiger partial charge >= 0.3 is 0 Å². The summed E-state index contributed by atoms with van der Waals surface area (Å²) >= 11 is 0. The van der Waals surface area contributed by atoms with Crippen LogP contribution in [0.1, 0.15) is 43.0 Å². The molecule has 0 radical (unpaired) electrons. The zero-order chi connectivity index (χ0) is 14.7. The lowest BCUT2D eigenvalue weighted by atomic mass is 9.86. The number of nitrogens with zero attached hydrogens (tertiary/aromatic N) is 2. The summed E-state index contributed by atoms with van der Waals surface area (Å²) in [5.74, 6) is 0.708. The summed E-state index contributed by atoms with van der Waals surface area (Å²) in [5.41, 5.74) is 0.883. The number of benzene rings is 1. The zero-order valence-electron chi connectivity index (χ0n) is 11.9. The number of rotatable bonds is 4. The third-order valence-corrected chi connectivity index (χ3v) is 4.20. The Morgan fingerprint density at radius 1 is 1.40 bits per heavy atom. The van der Waals surface area contributed by atoms with Crippen molar-refractivity contribution >= 4 is 17.7 Å². The fraction of sp³-hybridized carbons (Fsp3) is 0.533. The number of aldehydes is 1. The van der Waals surface area contributed by atoms with E-state index < -0.39 is 4.92 Å². The van der Waals surface area contributed by atoms with E-state index in [-0.39, 0.29) is 11.3 Å². The lowest BCUT2D eigenvalue weighted by Gasteiger charge is -2.35. The van der Waals surface area contributed by atoms with Crippen LogP contribution < -0.4 is 4.90 Å². The highest BCUT2D eigenvalue weighted by Gasteiger charge is 2.24. The first-order chi connectivity index (χ1) is 9.52. The minimum atomic E-state index is -0.518. The molecular formula is C15H20N2O3. The quantitative estimate of drug-likeness (QED) is 0.480. The molecule has 108 valence electrons. The van der Waals surface area contributed by atoms with Gasteiger partial charge in [-0.05, 0) is 30.9 Å². The van der Waals surface area contributed by atoms with Gasteiger partial charge in [-0.2, -0.15) is 0 Å². The number of nitro groups is 1. The molecule has 0 bridgehead atoms. The van der Waals surface area contributed by atoms with Crippen LogP contribution in [0.5, 0.6) is 0 Å². The Kier molecular flexibility index (Phi) is 4.37. The third kappa shape index (κ3) is 2.98. The number of hydrogen-bond acceptors (Lipinski definition) is 4. The van der Waals surface area contributed by atoms with Crippen LogP contribution in [0.4, 0.5) is 11.4 Å². The zero-order valence-corrected chi connectivity index (χ0v) is 11.9. The Balaban J connectivity index is 2.23. The maximum absolute atomic E-state index is 11.0. The van der Waals surface area contributed by atoms with Crippen LogP contribution in [-0.4, -0.2) is 24.3 Å². The lowest BCUT2D eigenvalue weighted by Crippen LogP contribution is -2.35. The summed E-state index contributed by atoms with van der Waals surface area (Å²) < 4.78 is 0. The second-order valence-electron chi connectivity index (χ2n) is 5.65. The fourth-order valence-corrected chi connectivity index (χ4v) is 2.99. The molecule has 1 aromatic rings. The summed E-state index contributed by atoms with van der Waals surface area (Å²) in [6, 6.07) is 5.20. The van der Waals surface area contributed by atoms with Crippen molar-refractivity contribution in [2.24, 2.45) is 5.92 Å². The van der Waals surface area contributed by atoms with Gasteiger partial charge in [0.25, 0.3) is 5.69 Å². The molecule has 1 aliphatic carbocycles. The summed E-state index contributed by atoms with van der Waals surface area (Å²) in [6.07, 6.45) is 5.30. The molecule has 0 amide bonds. The van der Waals surface area contributed by atoms with Crippen molar-refractivity contribution in [3.63, 3.8) is 0 Å². The van der Waals surface area contributed by atoms with E-state index in [2.05, 4.69) is 11.8 Å². The number of carbonyl (C=O) groups excluding carboxylic acids is 1. The first-order valence-electron chi connectivity index (χ1n) is 6.99. The van der Waals surface area contributed by atoms with E-state index in [0.717, 1.165) is 18.5 Å². The van der Waals surface area contributed by atoms with Crippen molar-refractivity contribution in [1.29, 1.82) is 0 Å². The molecule has 0 saturated heterocycles. The Morgan fingerprint density at radius 3 is 2.75 bits per heavy atom. The van der Waals surface area contributed by atoms with Gasteiger partial charge in [0.1, 0.15) is 0 Å². The van der Waals surface area contributed by atoms with Crippen molar-refractivity contribution in [2.75, 3.05) is 11.9 Å². The molecule has 0 aromatic heterocycles. The molecule has 2 unspecified atom stereocenters. The number of carbonyl (C=O) groups is 1. The summed E-state index contributed by atoms with van der Waals surface area (Å²) in [6.45, 7) is 2.26. The van der Waals surface area contributed by atoms with E-state index >= 15 is 0 Å². The maximum Gasteiger partial charge on any atom is 0.280 e. The van der Waals surface area contributed by atoms with E-state index in [9.17, 15) is 14.9 Å². The van der Waals surface area contributed by atoms with Crippen LogP contribution in [0.15, 0.2) is 18.2 Å². The average molecular weight is 276 g/mol. The van der Waals surface area contributed by atoms with E-state index in [0.29, 0.717) is 18.2 Å². The molecule has 20 heavy (non-hydrogen) atoms. The molecular weight excluding hydrogens is 256 g/mol.